The Morgan fingerprint density at radius 3 is 2.67 bits per heavy atom. The summed E-state index contributed by atoms with van der Waals surface area (Å²) in [6, 6.07) is 6.75. The molecule has 0 saturated carbocycles. The number of benzene rings is 1. The van der Waals surface area contributed by atoms with Crippen molar-refractivity contribution in [2.45, 2.75) is 19.3 Å². The van der Waals surface area contributed by atoms with Crippen molar-refractivity contribution in [2.75, 3.05) is 38.1 Å². The first-order valence-electron chi connectivity index (χ1n) is 9.61. The second-order valence-corrected chi connectivity index (χ2v) is 7.98. The first-order valence-corrected chi connectivity index (χ1v) is 11.0. The van der Waals surface area contributed by atoms with E-state index < -0.39 is 17.2 Å². The van der Waals surface area contributed by atoms with Crippen molar-refractivity contribution >= 4 is 40.7 Å². The Kier molecular flexibility index (Phi) is 10.0. The average molecular weight is 454 g/mol. The van der Waals surface area contributed by atoms with Crippen LogP contribution in [0.4, 0.5) is 5.69 Å². The number of ether oxygens (including phenoxy) is 1. The third-order valence-electron chi connectivity index (χ3n) is 4.50. The van der Waals surface area contributed by atoms with Gasteiger partial charge in [-0.05, 0) is 37.5 Å². The number of unbranched alkanes of at least 4 members (excludes halogenated alkanes) is 2. The second-order valence-electron chi connectivity index (χ2n) is 6.59. The lowest BCUT2D eigenvalue weighted by Crippen LogP contribution is -2.47. The number of hydrogen-bond acceptors (Lipinski definition) is 6. The summed E-state index contributed by atoms with van der Waals surface area (Å²) in [5.41, 5.74) is 0.825. The summed E-state index contributed by atoms with van der Waals surface area (Å²) in [6.45, 7) is 5.26. The maximum atomic E-state index is 13.0. The number of piperazine rings is 1. The molecule has 0 spiro atoms. The fourth-order valence-electron chi connectivity index (χ4n) is 2.95. The van der Waals surface area contributed by atoms with Crippen LogP contribution in [-0.4, -0.2) is 62.9 Å². The maximum absolute atomic E-state index is 13.0. The largest absolute Gasteiger partial charge is 0.760 e. The van der Waals surface area contributed by atoms with E-state index in [-0.39, 0.29) is 18.8 Å². The molecule has 1 fully saturated rings. The Labute approximate surface area is 184 Å². The van der Waals surface area contributed by atoms with E-state index in [1.165, 1.54) is 4.31 Å². The predicted molar refractivity (Wildman–Crippen MR) is 118 cm³/mol. The molecule has 1 heterocycles. The van der Waals surface area contributed by atoms with Crippen molar-refractivity contribution in [1.82, 2.24) is 9.21 Å². The third-order valence-corrected chi connectivity index (χ3v) is 5.52. The number of hydrogen-bond donors (Lipinski definition) is 2. The van der Waals surface area contributed by atoms with Crippen LogP contribution < -0.4 is 5.32 Å². The lowest BCUT2D eigenvalue weighted by molar-refractivity contribution is -0.116. The number of allylic oxidation sites excluding steroid dienone is 2. The van der Waals surface area contributed by atoms with Crippen LogP contribution in [0.15, 0.2) is 48.4 Å². The topological polar surface area (TPSA) is 109 Å². The first-order chi connectivity index (χ1) is 14.5. The quantitative estimate of drug-likeness (QED) is 0.134. The smallest absolute Gasteiger partial charge is 0.293 e. The van der Waals surface area contributed by atoms with E-state index in [1.54, 1.807) is 29.2 Å². The van der Waals surface area contributed by atoms with Gasteiger partial charge < -0.3 is 24.9 Å². The highest BCUT2D eigenvalue weighted by molar-refractivity contribution is 7.76. The van der Waals surface area contributed by atoms with Crippen LogP contribution in [0.25, 0.3) is 0 Å². The van der Waals surface area contributed by atoms with Crippen LogP contribution in [0.3, 0.4) is 0 Å². The molecule has 1 aliphatic rings. The highest BCUT2D eigenvalue weighted by atomic mass is 35.5. The molecule has 8 nitrogen and oxygen atoms in total. The van der Waals surface area contributed by atoms with Crippen molar-refractivity contribution < 1.29 is 18.3 Å². The molecule has 0 aromatic heterocycles. The normalized spacial score (nSPS) is 16.4. The molecule has 10 heteroatoms. The Morgan fingerprint density at radius 1 is 1.33 bits per heavy atom. The Hall–Kier alpha value is -2.20. The van der Waals surface area contributed by atoms with Gasteiger partial charge in [0.1, 0.15) is 5.70 Å². The molecule has 0 radical (unpaired) electrons. The van der Waals surface area contributed by atoms with Gasteiger partial charge in [0.25, 0.3) is 5.91 Å². The summed E-state index contributed by atoms with van der Waals surface area (Å²) in [6.07, 6.45) is 5.35. The van der Waals surface area contributed by atoms with Crippen LogP contribution in [0.1, 0.15) is 19.3 Å². The number of carbonyl (C=O) groups is 1. The minimum atomic E-state index is -2.29. The van der Waals surface area contributed by atoms with Gasteiger partial charge in [0.15, 0.2) is 0 Å². The molecule has 30 heavy (non-hydrogen) atoms. The van der Waals surface area contributed by atoms with Crippen molar-refractivity contribution in [2.24, 2.45) is 0 Å². The fourth-order valence-corrected chi connectivity index (χ4v) is 3.61. The van der Waals surface area contributed by atoms with Crippen LogP contribution in [-0.2, 0) is 20.8 Å². The molecule has 164 valence electrons. The molecule has 1 aromatic carbocycles. The standard InChI is InChI=1S/C20H27ClN4O4S/c1-2-3-4-5-13-29-19(20(26)23-17-8-6-7-16(21)14-17)18(15-22)24-9-11-25(12-10-24)30(27)28/h2,6-8,14-15,22H,1,3-5,9-13H2,(H,23,26)(H,27,28)/p-1/b19-18-,22-15?. The van der Waals surface area contributed by atoms with Gasteiger partial charge in [-0.25, -0.2) is 4.31 Å². The molecular formula is C20H26ClN4O4S-. The number of anilines is 1. The third kappa shape index (κ3) is 7.24. The number of nitrogens with zero attached hydrogens (tertiary/aromatic N) is 2. The van der Waals surface area contributed by atoms with Crippen LogP contribution in [0, 0.1) is 5.41 Å². The number of amides is 1. The van der Waals surface area contributed by atoms with Crippen molar-refractivity contribution in [1.29, 1.82) is 5.41 Å². The summed E-state index contributed by atoms with van der Waals surface area (Å²) >= 11 is 3.70. The molecule has 1 atom stereocenters. The fraction of sp³-hybridized carbons (Fsp3) is 0.400. The van der Waals surface area contributed by atoms with Crippen LogP contribution in [0.2, 0.25) is 5.02 Å². The van der Waals surface area contributed by atoms with Gasteiger partial charge in [0, 0.05) is 54.4 Å². The van der Waals surface area contributed by atoms with Gasteiger partial charge in [-0.15, -0.1) is 6.58 Å². The van der Waals surface area contributed by atoms with Gasteiger partial charge in [0.2, 0.25) is 5.76 Å². The van der Waals surface area contributed by atoms with Crippen molar-refractivity contribution in [3.05, 3.63) is 53.4 Å². The minimum absolute atomic E-state index is 0.0280. The SMILES string of the molecule is C=CCCCCO/C(C(=O)Nc1cccc(Cl)c1)=C(/C=N)N1CCN(S(=O)[O-])CC1. The molecule has 1 aromatic rings. The number of halogens is 1. The van der Waals surface area contributed by atoms with Gasteiger partial charge >= 0.3 is 0 Å². The molecule has 1 saturated heterocycles. The zero-order valence-electron chi connectivity index (χ0n) is 16.6. The van der Waals surface area contributed by atoms with E-state index in [2.05, 4.69) is 11.9 Å². The molecule has 2 N–H and O–H groups in total. The zero-order chi connectivity index (χ0) is 21.9. The summed E-state index contributed by atoms with van der Waals surface area (Å²) in [5, 5.41) is 11.1. The summed E-state index contributed by atoms with van der Waals surface area (Å²) in [7, 11) is 0. The summed E-state index contributed by atoms with van der Waals surface area (Å²) in [4.78, 5) is 14.8. The zero-order valence-corrected chi connectivity index (χ0v) is 18.2. The van der Waals surface area contributed by atoms with Crippen molar-refractivity contribution in [3.8, 4) is 0 Å². The monoisotopic (exact) mass is 453 g/mol. The molecule has 1 aliphatic heterocycles. The number of rotatable bonds is 11. The van der Waals surface area contributed by atoms with Gasteiger partial charge in [-0.1, -0.05) is 23.7 Å². The predicted octanol–water partition coefficient (Wildman–Crippen LogP) is 2.92. The average Bonchev–Trinajstić information content (AvgIpc) is 2.73. The highest BCUT2D eigenvalue weighted by Gasteiger charge is 2.25. The molecule has 1 amide bonds. The molecule has 0 bridgehead atoms. The molecule has 2 rings (SSSR count). The van der Waals surface area contributed by atoms with E-state index in [0.29, 0.717) is 36.1 Å². The summed E-state index contributed by atoms with van der Waals surface area (Å²) < 4.78 is 29.4. The van der Waals surface area contributed by atoms with Crippen molar-refractivity contribution in [3.63, 3.8) is 0 Å². The van der Waals surface area contributed by atoms with Gasteiger partial charge in [-0.2, -0.15) is 0 Å². The minimum Gasteiger partial charge on any atom is -0.760 e. The number of nitrogens with one attached hydrogen (secondary N) is 2. The molecular weight excluding hydrogens is 428 g/mol. The lowest BCUT2D eigenvalue weighted by Gasteiger charge is -2.37. The van der Waals surface area contributed by atoms with Gasteiger partial charge in [-0.3, -0.25) is 9.00 Å². The Balaban J connectivity index is 2.20. The van der Waals surface area contributed by atoms with E-state index in [9.17, 15) is 13.6 Å². The molecule has 0 aliphatic carbocycles. The summed E-state index contributed by atoms with van der Waals surface area (Å²) in [5.74, 6) is -0.463. The van der Waals surface area contributed by atoms with E-state index in [0.717, 1.165) is 25.5 Å². The Morgan fingerprint density at radius 2 is 2.07 bits per heavy atom. The molecule has 1 unspecified atom stereocenters. The first kappa shape index (κ1) is 24.1. The maximum Gasteiger partial charge on any atom is 0.293 e. The van der Waals surface area contributed by atoms with E-state index in [1.807, 2.05) is 6.08 Å². The van der Waals surface area contributed by atoms with Gasteiger partial charge in [0.05, 0.1) is 6.61 Å². The highest BCUT2D eigenvalue weighted by Crippen LogP contribution is 2.19. The van der Waals surface area contributed by atoms with E-state index >= 15 is 0 Å². The van der Waals surface area contributed by atoms with Crippen LogP contribution >= 0.6 is 11.6 Å². The number of carbonyl (C=O) groups excluding carboxylic acids is 1. The second kappa shape index (κ2) is 12.5. The Bertz CT molecular complexity index is 810. The van der Waals surface area contributed by atoms with Crippen LogP contribution in [0.5, 0.6) is 0 Å². The van der Waals surface area contributed by atoms with E-state index in [4.69, 9.17) is 21.7 Å². The lowest BCUT2D eigenvalue weighted by atomic mass is 10.2.